The molecule has 0 spiro atoms. The number of rotatable bonds is 2. The van der Waals surface area contributed by atoms with Crippen LogP contribution in [0.2, 0.25) is 0 Å². The predicted molar refractivity (Wildman–Crippen MR) is 59.9 cm³/mol. The Bertz CT molecular complexity index is 154. The van der Waals surface area contributed by atoms with E-state index in [0.717, 1.165) is 17.4 Å². The molecule has 2 nitrogen and oxygen atoms in total. The molecule has 64 valence electrons. The minimum Gasteiger partial charge on any atom is -0.384 e. The smallest absolute Gasteiger partial charge is 0.143 e. The fourth-order valence-corrected chi connectivity index (χ4v) is 2.11. The summed E-state index contributed by atoms with van der Waals surface area (Å²) < 4.78 is 1.16. The van der Waals surface area contributed by atoms with Gasteiger partial charge in [-0.15, -0.1) is 0 Å². The standard InChI is InChI=1S/C6H12N2S3/c1-3-8(4-2)6(10)11-5(7)9/h3-4H2,1-2H3,(H2,7,9). The van der Waals surface area contributed by atoms with E-state index in [2.05, 4.69) is 13.8 Å². The van der Waals surface area contributed by atoms with Crippen LogP contribution in [0.1, 0.15) is 13.8 Å². The highest BCUT2D eigenvalue weighted by molar-refractivity contribution is 8.37. The Balaban J connectivity index is 3.89. The lowest BCUT2D eigenvalue weighted by Crippen LogP contribution is -2.28. The topological polar surface area (TPSA) is 29.3 Å². The van der Waals surface area contributed by atoms with Gasteiger partial charge in [0.25, 0.3) is 0 Å². The SMILES string of the molecule is CCN(CC)C(=S)SC(N)=S. The van der Waals surface area contributed by atoms with Crippen LogP contribution < -0.4 is 5.73 Å². The summed E-state index contributed by atoms with van der Waals surface area (Å²) in [5.41, 5.74) is 5.32. The van der Waals surface area contributed by atoms with Gasteiger partial charge in [0.2, 0.25) is 0 Å². The van der Waals surface area contributed by atoms with Gasteiger partial charge < -0.3 is 10.6 Å². The highest BCUT2D eigenvalue weighted by atomic mass is 32.2. The first kappa shape index (κ1) is 11.1. The van der Waals surface area contributed by atoms with E-state index in [1.807, 2.05) is 4.90 Å². The summed E-state index contributed by atoms with van der Waals surface area (Å²) in [6.07, 6.45) is 0. The van der Waals surface area contributed by atoms with Crippen LogP contribution in [-0.2, 0) is 0 Å². The molecule has 11 heavy (non-hydrogen) atoms. The van der Waals surface area contributed by atoms with E-state index in [-0.39, 0.29) is 0 Å². The number of thiocarbonyl (C=S) groups is 2. The summed E-state index contributed by atoms with van der Waals surface area (Å²) in [4.78, 5) is 2.04. The summed E-state index contributed by atoms with van der Waals surface area (Å²) in [5, 5.41) is 0. The summed E-state index contributed by atoms with van der Waals surface area (Å²) in [6, 6.07) is 0. The second-order valence-corrected chi connectivity index (χ2v) is 4.23. The Morgan fingerprint density at radius 1 is 1.36 bits per heavy atom. The highest BCUT2D eigenvalue weighted by Gasteiger charge is 2.05. The Hall–Kier alpha value is 0.130. The van der Waals surface area contributed by atoms with Gasteiger partial charge in [-0.05, 0) is 25.6 Å². The highest BCUT2D eigenvalue weighted by Crippen LogP contribution is 2.08. The Morgan fingerprint density at radius 2 is 1.82 bits per heavy atom. The second kappa shape index (κ2) is 5.74. The third-order valence-electron chi connectivity index (χ3n) is 1.21. The summed E-state index contributed by atoms with van der Waals surface area (Å²) in [7, 11) is 0. The van der Waals surface area contributed by atoms with Crippen molar-refractivity contribution in [1.82, 2.24) is 4.90 Å². The van der Waals surface area contributed by atoms with E-state index in [9.17, 15) is 0 Å². The molecule has 0 amide bonds. The summed E-state index contributed by atoms with van der Waals surface area (Å²) in [5.74, 6) is 0. The lowest BCUT2D eigenvalue weighted by molar-refractivity contribution is 0.482. The van der Waals surface area contributed by atoms with E-state index in [0.29, 0.717) is 4.32 Å². The zero-order valence-electron chi connectivity index (χ0n) is 6.66. The van der Waals surface area contributed by atoms with Crippen molar-refractivity contribution < 1.29 is 0 Å². The van der Waals surface area contributed by atoms with Crippen molar-refractivity contribution in [1.29, 1.82) is 0 Å². The number of nitrogens with zero attached hydrogens (tertiary/aromatic N) is 1. The maximum atomic E-state index is 5.32. The molecule has 2 N–H and O–H groups in total. The molecule has 0 atom stereocenters. The molecule has 0 saturated carbocycles. The first-order valence-corrected chi connectivity index (χ1v) is 5.01. The Kier molecular flexibility index (Phi) is 5.81. The second-order valence-electron chi connectivity index (χ2n) is 1.86. The van der Waals surface area contributed by atoms with Crippen LogP contribution in [0.25, 0.3) is 0 Å². The van der Waals surface area contributed by atoms with Crippen molar-refractivity contribution in [3.05, 3.63) is 0 Å². The first-order valence-electron chi connectivity index (χ1n) is 3.38. The lowest BCUT2D eigenvalue weighted by atomic mass is 10.6. The summed E-state index contributed by atoms with van der Waals surface area (Å²) in [6.45, 7) is 5.92. The number of nitrogens with two attached hydrogens (primary N) is 1. The van der Waals surface area contributed by atoms with Crippen molar-refractivity contribution in [3.63, 3.8) is 0 Å². The van der Waals surface area contributed by atoms with Crippen LogP contribution in [0.4, 0.5) is 0 Å². The minimum absolute atomic E-state index is 0.391. The van der Waals surface area contributed by atoms with Crippen LogP contribution in [0.15, 0.2) is 0 Å². The molecule has 0 aromatic carbocycles. The van der Waals surface area contributed by atoms with Gasteiger partial charge in [0, 0.05) is 13.1 Å². The molecule has 0 aliphatic heterocycles. The fourth-order valence-electron chi connectivity index (χ4n) is 0.632. The maximum Gasteiger partial charge on any atom is 0.143 e. The van der Waals surface area contributed by atoms with E-state index < -0.39 is 0 Å². The van der Waals surface area contributed by atoms with Crippen molar-refractivity contribution in [2.75, 3.05) is 13.1 Å². The predicted octanol–water partition coefficient (Wildman–Crippen LogP) is 1.59. The van der Waals surface area contributed by atoms with E-state index in [1.165, 1.54) is 11.8 Å². The van der Waals surface area contributed by atoms with Crippen LogP contribution in [0.5, 0.6) is 0 Å². The van der Waals surface area contributed by atoms with Crippen LogP contribution in [0, 0.1) is 0 Å². The van der Waals surface area contributed by atoms with Gasteiger partial charge >= 0.3 is 0 Å². The first-order chi connectivity index (χ1) is 5.11. The van der Waals surface area contributed by atoms with E-state index in [1.54, 1.807) is 0 Å². The quantitative estimate of drug-likeness (QED) is 0.696. The molecular weight excluding hydrogens is 196 g/mol. The fraction of sp³-hybridized carbons (Fsp3) is 0.667. The monoisotopic (exact) mass is 208 g/mol. The molecule has 0 radical (unpaired) electrons. The maximum absolute atomic E-state index is 5.32. The molecule has 5 heteroatoms. The van der Waals surface area contributed by atoms with Crippen molar-refractivity contribution in [3.8, 4) is 0 Å². The molecule has 0 aromatic rings. The lowest BCUT2D eigenvalue weighted by Gasteiger charge is -2.19. The molecule has 0 fully saturated rings. The Labute approximate surface area is 82.5 Å². The molecule has 0 bridgehead atoms. The van der Waals surface area contributed by atoms with Gasteiger partial charge in [0.1, 0.15) is 8.64 Å². The molecule has 0 unspecified atom stereocenters. The number of hydrogen-bond acceptors (Lipinski definition) is 3. The molecule has 0 aliphatic rings. The van der Waals surface area contributed by atoms with Crippen molar-refractivity contribution in [2.24, 2.45) is 5.73 Å². The van der Waals surface area contributed by atoms with E-state index in [4.69, 9.17) is 30.2 Å². The van der Waals surface area contributed by atoms with Crippen molar-refractivity contribution in [2.45, 2.75) is 13.8 Å². The molecule has 0 aromatic heterocycles. The average molecular weight is 208 g/mol. The normalized spacial score (nSPS) is 9.27. The van der Waals surface area contributed by atoms with Crippen molar-refractivity contribution >= 4 is 44.8 Å². The molecule has 0 saturated heterocycles. The van der Waals surface area contributed by atoms with Gasteiger partial charge in [-0.1, -0.05) is 24.4 Å². The number of thioether (sulfide) groups is 1. The third-order valence-corrected chi connectivity index (χ3v) is 2.60. The molecule has 0 aliphatic carbocycles. The zero-order valence-corrected chi connectivity index (χ0v) is 9.11. The third kappa shape index (κ3) is 4.55. The van der Waals surface area contributed by atoms with Crippen LogP contribution in [0.3, 0.4) is 0 Å². The van der Waals surface area contributed by atoms with Crippen LogP contribution in [-0.4, -0.2) is 26.6 Å². The Morgan fingerprint density at radius 3 is 2.09 bits per heavy atom. The van der Waals surface area contributed by atoms with Gasteiger partial charge in [-0.3, -0.25) is 0 Å². The van der Waals surface area contributed by atoms with Gasteiger partial charge in [0.05, 0.1) is 0 Å². The largest absolute Gasteiger partial charge is 0.384 e. The average Bonchev–Trinajstić information content (AvgIpc) is 1.88. The molecular formula is C6H12N2S3. The minimum atomic E-state index is 0.391. The van der Waals surface area contributed by atoms with Gasteiger partial charge in [-0.25, -0.2) is 0 Å². The molecule has 0 heterocycles. The number of hydrogen-bond donors (Lipinski definition) is 1. The van der Waals surface area contributed by atoms with Gasteiger partial charge in [0.15, 0.2) is 0 Å². The van der Waals surface area contributed by atoms with Gasteiger partial charge in [-0.2, -0.15) is 0 Å². The van der Waals surface area contributed by atoms with Crippen LogP contribution >= 0.6 is 36.2 Å². The molecule has 0 rings (SSSR count). The van der Waals surface area contributed by atoms with E-state index >= 15 is 0 Å². The summed E-state index contributed by atoms with van der Waals surface area (Å²) >= 11 is 11.1. The zero-order chi connectivity index (χ0) is 8.85.